The molecule has 1 saturated carbocycles. The molecule has 0 bridgehead atoms. The summed E-state index contributed by atoms with van der Waals surface area (Å²) in [6.07, 6.45) is 9.65. The van der Waals surface area contributed by atoms with Crippen molar-refractivity contribution < 1.29 is 0 Å². The van der Waals surface area contributed by atoms with Crippen molar-refractivity contribution in [2.75, 3.05) is 12.8 Å². The van der Waals surface area contributed by atoms with Crippen LogP contribution in [-0.2, 0) is 13.6 Å². The first kappa shape index (κ1) is 22.5. The number of halogens is 1. The van der Waals surface area contributed by atoms with Gasteiger partial charge in [-0.3, -0.25) is 0 Å². The average molecular weight is 480 g/mol. The Hall–Kier alpha value is -0.510. The molecule has 2 unspecified atom stereocenters. The van der Waals surface area contributed by atoms with Crippen LogP contribution in [0, 0.1) is 6.92 Å². The van der Waals surface area contributed by atoms with E-state index in [9.17, 15) is 0 Å². The fraction of sp³-hybridized carbons (Fsp3) is 0.824. The molecule has 2 rings (SSSR count). The van der Waals surface area contributed by atoms with Crippen LogP contribution in [0.1, 0.15) is 57.1 Å². The number of rotatable bonds is 7. The van der Waals surface area contributed by atoms with Gasteiger partial charge in [0.2, 0.25) is 0 Å². The normalized spacial score (nSPS) is 20.9. The second-order valence-corrected chi connectivity index (χ2v) is 7.67. The Kier molecular flexibility index (Phi) is 10.8. The standard InChI is InChI=1S/C17H32N6S.HI/c1-5-6-10-18-17(19-12-16-22-21-13(2)23(16)3)20-14-8-7-9-15(11-14)24-4;/h14-15H,5-12H2,1-4H3,(H2,18,19,20);1H. The number of unbranched alkanes of at least 4 members (excludes halogenated alkanes) is 1. The molecule has 2 N–H and O–H groups in total. The Morgan fingerprint density at radius 1 is 1.36 bits per heavy atom. The molecule has 1 aliphatic rings. The average Bonchev–Trinajstić information content (AvgIpc) is 2.91. The lowest BCUT2D eigenvalue weighted by Crippen LogP contribution is -2.46. The van der Waals surface area contributed by atoms with E-state index in [4.69, 9.17) is 4.99 Å². The summed E-state index contributed by atoms with van der Waals surface area (Å²) in [7, 11) is 1.99. The summed E-state index contributed by atoms with van der Waals surface area (Å²) >= 11 is 1.99. The first-order valence-electron chi connectivity index (χ1n) is 9.06. The SMILES string of the molecule is CCCCNC(=NCc1nnc(C)n1C)NC1CCCC(SC)C1.I. The van der Waals surface area contributed by atoms with Gasteiger partial charge in [0.1, 0.15) is 12.4 Å². The minimum atomic E-state index is 0. The number of thioether (sulfide) groups is 1. The van der Waals surface area contributed by atoms with Gasteiger partial charge in [-0.15, -0.1) is 34.2 Å². The number of aliphatic imine (C=N–C) groups is 1. The first-order chi connectivity index (χ1) is 11.6. The summed E-state index contributed by atoms with van der Waals surface area (Å²) in [4.78, 5) is 4.75. The Balaban J connectivity index is 0.00000312. The summed E-state index contributed by atoms with van der Waals surface area (Å²) in [6.45, 7) is 5.68. The molecule has 0 radical (unpaired) electrons. The smallest absolute Gasteiger partial charge is 0.191 e. The number of nitrogens with one attached hydrogen (secondary N) is 2. The van der Waals surface area contributed by atoms with Gasteiger partial charge in [0.25, 0.3) is 0 Å². The van der Waals surface area contributed by atoms with E-state index in [-0.39, 0.29) is 24.0 Å². The predicted molar refractivity (Wildman–Crippen MR) is 118 cm³/mol. The quantitative estimate of drug-likeness (QED) is 0.272. The highest BCUT2D eigenvalue weighted by molar-refractivity contribution is 14.0. The third kappa shape index (κ3) is 7.32. The highest BCUT2D eigenvalue weighted by atomic mass is 127. The topological polar surface area (TPSA) is 67.1 Å². The van der Waals surface area contributed by atoms with Gasteiger partial charge in [-0.2, -0.15) is 11.8 Å². The fourth-order valence-corrected chi connectivity index (χ4v) is 3.79. The summed E-state index contributed by atoms with van der Waals surface area (Å²) in [5.41, 5.74) is 0. The monoisotopic (exact) mass is 480 g/mol. The molecule has 1 aliphatic carbocycles. The summed E-state index contributed by atoms with van der Waals surface area (Å²) in [6, 6.07) is 0.519. The zero-order valence-electron chi connectivity index (χ0n) is 15.9. The molecule has 25 heavy (non-hydrogen) atoms. The fourth-order valence-electron chi connectivity index (χ4n) is 2.96. The van der Waals surface area contributed by atoms with Gasteiger partial charge in [-0.25, -0.2) is 4.99 Å². The zero-order chi connectivity index (χ0) is 17.4. The highest BCUT2D eigenvalue weighted by Crippen LogP contribution is 2.26. The minimum Gasteiger partial charge on any atom is -0.356 e. The van der Waals surface area contributed by atoms with Crippen molar-refractivity contribution in [3.8, 4) is 0 Å². The molecule has 1 aromatic rings. The molecule has 2 atom stereocenters. The number of guanidine groups is 1. The lowest BCUT2D eigenvalue weighted by Gasteiger charge is -2.30. The largest absolute Gasteiger partial charge is 0.356 e. The van der Waals surface area contributed by atoms with Gasteiger partial charge in [-0.05, 0) is 38.9 Å². The van der Waals surface area contributed by atoms with E-state index in [0.29, 0.717) is 12.6 Å². The van der Waals surface area contributed by atoms with Crippen LogP contribution in [0.25, 0.3) is 0 Å². The summed E-state index contributed by atoms with van der Waals surface area (Å²) < 4.78 is 2.00. The van der Waals surface area contributed by atoms with Crippen molar-refractivity contribution in [2.24, 2.45) is 12.0 Å². The maximum atomic E-state index is 4.75. The minimum absolute atomic E-state index is 0. The Morgan fingerprint density at radius 2 is 2.16 bits per heavy atom. The number of nitrogens with zero attached hydrogens (tertiary/aromatic N) is 4. The Labute approximate surface area is 173 Å². The lowest BCUT2D eigenvalue weighted by molar-refractivity contribution is 0.418. The molecule has 0 spiro atoms. The molecule has 144 valence electrons. The maximum absolute atomic E-state index is 4.75. The van der Waals surface area contributed by atoms with Crippen molar-refractivity contribution in [2.45, 2.75) is 70.2 Å². The van der Waals surface area contributed by atoms with E-state index in [1.165, 1.54) is 32.1 Å². The van der Waals surface area contributed by atoms with E-state index in [1.54, 1.807) is 0 Å². The summed E-state index contributed by atoms with van der Waals surface area (Å²) in [5.74, 6) is 2.73. The molecule has 1 heterocycles. The van der Waals surface area contributed by atoms with Crippen molar-refractivity contribution in [1.29, 1.82) is 0 Å². The molecule has 8 heteroatoms. The zero-order valence-corrected chi connectivity index (χ0v) is 19.1. The van der Waals surface area contributed by atoms with Crippen molar-refractivity contribution in [3.05, 3.63) is 11.6 Å². The number of hydrogen-bond donors (Lipinski definition) is 2. The maximum Gasteiger partial charge on any atom is 0.191 e. The molecule has 6 nitrogen and oxygen atoms in total. The van der Waals surface area contributed by atoms with E-state index in [2.05, 4.69) is 34.0 Å². The predicted octanol–water partition coefficient (Wildman–Crippen LogP) is 3.25. The van der Waals surface area contributed by atoms with E-state index < -0.39 is 0 Å². The molecule has 0 saturated heterocycles. The molecule has 0 aliphatic heterocycles. The van der Waals surface area contributed by atoms with Crippen molar-refractivity contribution in [1.82, 2.24) is 25.4 Å². The first-order valence-corrected chi connectivity index (χ1v) is 10.3. The van der Waals surface area contributed by atoms with Gasteiger partial charge in [0.15, 0.2) is 11.8 Å². The third-order valence-electron chi connectivity index (χ3n) is 4.68. The van der Waals surface area contributed by atoms with Crippen LogP contribution < -0.4 is 10.6 Å². The lowest BCUT2D eigenvalue weighted by atomic mass is 9.95. The van der Waals surface area contributed by atoms with Gasteiger partial charge in [-0.1, -0.05) is 19.8 Å². The van der Waals surface area contributed by atoms with Crippen LogP contribution in [0.2, 0.25) is 0 Å². The van der Waals surface area contributed by atoms with E-state index in [0.717, 1.165) is 35.8 Å². The van der Waals surface area contributed by atoms with Crippen molar-refractivity contribution >= 4 is 41.7 Å². The van der Waals surface area contributed by atoms with E-state index in [1.807, 2.05) is 30.3 Å². The van der Waals surface area contributed by atoms with Gasteiger partial charge in [0.05, 0.1) is 0 Å². The van der Waals surface area contributed by atoms with Crippen molar-refractivity contribution in [3.63, 3.8) is 0 Å². The van der Waals surface area contributed by atoms with Crippen LogP contribution >= 0.6 is 35.7 Å². The molecule has 1 aromatic heterocycles. The van der Waals surface area contributed by atoms with Crippen LogP contribution in [0.4, 0.5) is 0 Å². The van der Waals surface area contributed by atoms with E-state index >= 15 is 0 Å². The van der Waals surface area contributed by atoms with Crippen LogP contribution in [0.3, 0.4) is 0 Å². The van der Waals surface area contributed by atoms with Crippen LogP contribution in [-0.4, -0.2) is 44.8 Å². The second kappa shape index (κ2) is 12.0. The molecule has 0 aromatic carbocycles. The molecular formula is C17H33IN6S. The third-order valence-corrected chi connectivity index (χ3v) is 5.78. The molecular weight excluding hydrogens is 447 g/mol. The van der Waals surface area contributed by atoms with Gasteiger partial charge >= 0.3 is 0 Å². The van der Waals surface area contributed by atoms with Crippen LogP contribution in [0.15, 0.2) is 4.99 Å². The molecule has 0 amide bonds. The van der Waals surface area contributed by atoms with Gasteiger partial charge < -0.3 is 15.2 Å². The number of aromatic nitrogens is 3. The summed E-state index contributed by atoms with van der Waals surface area (Å²) in [5, 5.41) is 16.2. The second-order valence-electron chi connectivity index (χ2n) is 6.53. The van der Waals surface area contributed by atoms with Crippen LogP contribution in [0.5, 0.6) is 0 Å². The highest BCUT2D eigenvalue weighted by Gasteiger charge is 2.22. The molecule has 1 fully saturated rings. The Morgan fingerprint density at radius 3 is 2.80 bits per heavy atom. The van der Waals surface area contributed by atoms with Gasteiger partial charge in [0, 0.05) is 24.9 Å². The number of hydrogen-bond acceptors (Lipinski definition) is 4. The number of aryl methyl sites for hydroxylation is 1. The Bertz CT molecular complexity index is 533.